The van der Waals surface area contributed by atoms with Gasteiger partial charge in [-0.25, -0.2) is 14.5 Å². The summed E-state index contributed by atoms with van der Waals surface area (Å²) >= 11 is 5.76. The first-order valence-electron chi connectivity index (χ1n) is 9.18. The molecule has 0 saturated carbocycles. The van der Waals surface area contributed by atoms with Gasteiger partial charge in [-0.2, -0.15) is 5.10 Å². The first-order valence-corrected chi connectivity index (χ1v) is 9.56. The lowest BCUT2D eigenvalue weighted by Gasteiger charge is -2.12. The molecule has 11 heteroatoms. The number of nitrogens with zero attached hydrogens (tertiary/aromatic N) is 4. The predicted octanol–water partition coefficient (Wildman–Crippen LogP) is 3.75. The van der Waals surface area contributed by atoms with E-state index < -0.39 is 23.4 Å². The maximum atomic E-state index is 12.6. The number of nitro benzene ring substituents is 1. The lowest BCUT2D eigenvalue weighted by molar-refractivity contribution is -0.383. The first kappa shape index (κ1) is 21.9. The van der Waals surface area contributed by atoms with Crippen molar-refractivity contribution in [3.8, 4) is 5.82 Å². The molecule has 2 aromatic heterocycles. The van der Waals surface area contributed by atoms with E-state index in [4.69, 9.17) is 16.3 Å². The highest BCUT2D eigenvalue weighted by Gasteiger charge is 2.23. The summed E-state index contributed by atoms with van der Waals surface area (Å²) in [5.74, 6) is -1.02. The van der Waals surface area contributed by atoms with E-state index >= 15 is 0 Å². The Labute approximate surface area is 182 Å². The van der Waals surface area contributed by atoms with Crippen molar-refractivity contribution in [3.63, 3.8) is 0 Å². The van der Waals surface area contributed by atoms with E-state index in [1.165, 1.54) is 18.3 Å². The monoisotopic (exact) mass is 443 g/mol. The SMILES string of the molecule is CC(C)c1c(C(=O)OCC(=O)Nc2ccc(Cl)cc2[N+](=O)[O-])cnn1-c1ccccn1. The van der Waals surface area contributed by atoms with Gasteiger partial charge in [-0.1, -0.05) is 31.5 Å². The van der Waals surface area contributed by atoms with E-state index in [1.54, 1.807) is 29.1 Å². The summed E-state index contributed by atoms with van der Waals surface area (Å²) < 4.78 is 6.65. The number of hydrogen-bond donors (Lipinski definition) is 1. The van der Waals surface area contributed by atoms with Crippen LogP contribution in [0.4, 0.5) is 11.4 Å². The van der Waals surface area contributed by atoms with Crippen molar-refractivity contribution in [1.82, 2.24) is 14.8 Å². The van der Waals surface area contributed by atoms with Gasteiger partial charge in [0.15, 0.2) is 12.4 Å². The van der Waals surface area contributed by atoms with Crippen molar-refractivity contribution < 1.29 is 19.2 Å². The molecule has 10 nitrogen and oxygen atoms in total. The van der Waals surface area contributed by atoms with E-state index in [0.717, 1.165) is 6.07 Å². The zero-order valence-corrected chi connectivity index (χ0v) is 17.4. The molecule has 160 valence electrons. The quantitative estimate of drug-likeness (QED) is 0.334. The zero-order valence-electron chi connectivity index (χ0n) is 16.6. The molecule has 0 saturated heterocycles. The van der Waals surface area contributed by atoms with Crippen LogP contribution in [0.5, 0.6) is 0 Å². The smallest absolute Gasteiger partial charge is 0.342 e. The third-order valence-electron chi connectivity index (χ3n) is 4.20. The number of anilines is 1. The molecule has 0 radical (unpaired) electrons. The molecular formula is C20H18ClN5O5. The Bertz CT molecular complexity index is 1130. The second-order valence-electron chi connectivity index (χ2n) is 6.74. The van der Waals surface area contributed by atoms with Crippen LogP contribution in [-0.2, 0) is 9.53 Å². The van der Waals surface area contributed by atoms with Crippen molar-refractivity contribution in [1.29, 1.82) is 0 Å². The van der Waals surface area contributed by atoms with Gasteiger partial charge in [0, 0.05) is 17.3 Å². The van der Waals surface area contributed by atoms with Gasteiger partial charge in [0.1, 0.15) is 11.3 Å². The minimum absolute atomic E-state index is 0.0544. The van der Waals surface area contributed by atoms with Crippen LogP contribution in [0.1, 0.15) is 35.8 Å². The molecule has 0 aliphatic rings. The number of carbonyl (C=O) groups excluding carboxylic acids is 2. The van der Waals surface area contributed by atoms with Gasteiger partial charge in [-0.3, -0.25) is 14.9 Å². The standard InChI is InChI=1S/C20H18ClN5O5/c1-12(2)19-14(10-23-25(19)17-5-3-4-8-22-17)20(28)31-11-18(27)24-15-7-6-13(21)9-16(15)26(29)30/h3-10,12H,11H2,1-2H3,(H,24,27). The van der Waals surface area contributed by atoms with E-state index in [2.05, 4.69) is 15.4 Å². The summed E-state index contributed by atoms with van der Waals surface area (Å²) in [6, 6.07) is 9.13. The number of hydrogen-bond acceptors (Lipinski definition) is 7. The average molecular weight is 444 g/mol. The van der Waals surface area contributed by atoms with Gasteiger partial charge in [-0.05, 0) is 30.2 Å². The molecule has 0 atom stereocenters. The summed E-state index contributed by atoms with van der Waals surface area (Å²) in [6.07, 6.45) is 2.97. The second kappa shape index (κ2) is 9.35. The Morgan fingerprint density at radius 1 is 1.29 bits per heavy atom. The summed E-state index contributed by atoms with van der Waals surface area (Å²) in [5.41, 5.74) is 0.357. The molecule has 1 amide bonds. The Kier molecular flexibility index (Phi) is 6.61. The molecule has 0 fully saturated rings. The van der Waals surface area contributed by atoms with Crippen LogP contribution >= 0.6 is 11.6 Å². The topological polar surface area (TPSA) is 129 Å². The minimum atomic E-state index is -0.744. The number of benzene rings is 1. The largest absolute Gasteiger partial charge is 0.452 e. The molecule has 0 bridgehead atoms. The number of nitrogens with one attached hydrogen (secondary N) is 1. The van der Waals surface area contributed by atoms with E-state index in [-0.39, 0.29) is 27.9 Å². The number of nitro groups is 1. The Morgan fingerprint density at radius 3 is 2.71 bits per heavy atom. The van der Waals surface area contributed by atoms with Gasteiger partial charge >= 0.3 is 5.97 Å². The van der Waals surface area contributed by atoms with Gasteiger partial charge in [0.05, 0.1) is 16.8 Å². The summed E-state index contributed by atoms with van der Waals surface area (Å²) in [6.45, 7) is 3.14. The highest BCUT2D eigenvalue weighted by molar-refractivity contribution is 6.31. The van der Waals surface area contributed by atoms with Crippen LogP contribution in [0.2, 0.25) is 5.02 Å². The third kappa shape index (κ3) is 5.04. The molecule has 3 aromatic rings. The summed E-state index contributed by atoms with van der Waals surface area (Å²) in [4.78, 5) is 39.5. The molecule has 31 heavy (non-hydrogen) atoms. The van der Waals surface area contributed by atoms with Gasteiger partial charge in [0.2, 0.25) is 0 Å². The van der Waals surface area contributed by atoms with E-state index in [9.17, 15) is 19.7 Å². The summed E-state index contributed by atoms with van der Waals surface area (Å²) in [7, 11) is 0. The number of esters is 1. The van der Waals surface area contributed by atoms with Gasteiger partial charge in [-0.15, -0.1) is 0 Å². The fraction of sp³-hybridized carbons (Fsp3) is 0.200. The highest BCUT2D eigenvalue weighted by atomic mass is 35.5. The Balaban J connectivity index is 1.72. The van der Waals surface area contributed by atoms with E-state index in [1.807, 2.05) is 13.8 Å². The second-order valence-corrected chi connectivity index (χ2v) is 7.18. The number of rotatable bonds is 7. The lowest BCUT2D eigenvalue weighted by atomic mass is 10.1. The summed E-state index contributed by atoms with van der Waals surface area (Å²) in [5, 5.41) is 17.9. The van der Waals surface area contributed by atoms with Crippen molar-refractivity contribution >= 4 is 34.9 Å². The Morgan fingerprint density at radius 2 is 2.06 bits per heavy atom. The number of amides is 1. The van der Waals surface area contributed by atoms with Crippen LogP contribution in [0, 0.1) is 10.1 Å². The van der Waals surface area contributed by atoms with Crippen molar-refractivity contribution in [2.75, 3.05) is 11.9 Å². The number of ether oxygens (including phenoxy) is 1. The van der Waals surface area contributed by atoms with Crippen LogP contribution in [0.3, 0.4) is 0 Å². The molecule has 1 aromatic carbocycles. The number of halogens is 1. The van der Waals surface area contributed by atoms with Crippen LogP contribution in [0.25, 0.3) is 5.82 Å². The lowest BCUT2D eigenvalue weighted by Crippen LogP contribution is -2.22. The molecular weight excluding hydrogens is 426 g/mol. The number of aromatic nitrogens is 3. The molecule has 0 aliphatic carbocycles. The molecule has 0 spiro atoms. The van der Waals surface area contributed by atoms with Crippen LogP contribution < -0.4 is 5.32 Å². The molecule has 3 rings (SSSR count). The van der Waals surface area contributed by atoms with E-state index in [0.29, 0.717) is 11.5 Å². The minimum Gasteiger partial charge on any atom is -0.452 e. The van der Waals surface area contributed by atoms with Crippen LogP contribution in [0.15, 0.2) is 48.8 Å². The maximum Gasteiger partial charge on any atom is 0.342 e. The fourth-order valence-corrected chi connectivity index (χ4v) is 3.06. The van der Waals surface area contributed by atoms with Crippen LogP contribution in [-0.4, -0.2) is 38.2 Å². The molecule has 0 aliphatic heterocycles. The first-order chi connectivity index (χ1) is 14.8. The van der Waals surface area contributed by atoms with Gasteiger partial charge < -0.3 is 10.1 Å². The number of pyridine rings is 1. The molecule has 2 heterocycles. The van der Waals surface area contributed by atoms with Crippen molar-refractivity contribution in [2.24, 2.45) is 0 Å². The molecule has 0 unspecified atom stereocenters. The highest BCUT2D eigenvalue weighted by Crippen LogP contribution is 2.28. The average Bonchev–Trinajstić information content (AvgIpc) is 3.19. The number of carbonyl (C=O) groups is 2. The molecule has 1 N–H and O–H groups in total. The maximum absolute atomic E-state index is 12.6. The predicted molar refractivity (Wildman–Crippen MR) is 112 cm³/mol. The Hall–Kier alpha value is -3.79. The zero-order chi connectivity index (χ0) is 22.5. The van der Waals surface area contributed by atoms with Gasteiger partial charge in [0.25, 0.3) is 11.6 Å². The third-order valence-corrected chi connectivity index (χ3v) is 4.44. The van der Waals surface area contributed by atoms with Crippen molar-refractivity contribution in [2.45, 2.75) is 19.8 Å². The fourth-order valence-electron chi connectivity index (χ4n) is 2.89. The normalized spacial score (nSPS) is 10.7. The van der Waals surface area contributed by atoms with Crippen molar-refractivity contribution in [3.05, 3.63) is 75.2 Å².